The van der Waals surface area contributed by atoms with E-state index < -0.39 is 0 Å². The second-order valence-corrected chi connectivity index (χ2v) is 2.47. The number of nitriles is 2. The fourth-order valence-electron chi connectivity index (χ4n) is 1.22. The predicted molar refractivity (Wildman–Crippen MR) is 32.1 cm³/mol. The normalized spacial score (nSPS) is 33.1. The average molecular weight is 120 g/mol. The van der Waals surface area contributed by atoms with Crippen LogP contribution in [0.15, 0.2) is 0 Å². The van der Waals surface area contributed by atoms with Crippen LogP contribution in [-0.4, -0.2) is 0 Å². The molecule has 1 aliphatic rings. The molecule has 0 aliphatic heterocycles. The minimum absolute atomic E-state index is 0.162. The SMILES string of the molecule is N#CC1CCC(C#N)C1. The molecule has 0 amide bonds. The minimum atomic E-state index is 0.162. The number of rotatable bonds is 0. The van der Waals surface area contributed by atoms with Crippen LogP contribution in [-0.2, 0) is 0 Å². The highest BCUT2D eigenvalue weighted by molar-refractivity contribution is 4.97. The summed E-state index contributed by atoms with van der Waals surface area (Å²) in [5.41, 5.74) is 0. The molecule has 0 spiro atoms. The van der Waals surface area contributed by atoms with Gasteiger partial charge in [0, 0.05) is 11.8 Å². The number of hydrogen-bond acceptors (Lipinski definition) is 2. The maximum Gasteiger partial charge on any atom is 0.0656 e. The van der Waals surface area contributed by atoms with Gasteiger partial charge in [-0.1, -0.05) is 0 Å². The Hall–Kier alpha value is -1.02. The van der Waals surface area contributed by atoms with Crippen molar-refractivity contribution in [2.45, 2.75) is 19.3 Å². The largest absolute Gasteiger partial charge is 0.198 e. The van der Waals surface area contributed by atoms with Gasteiger partial charge in [0.2, 0.25) is 0 Å². The third-order valence-corrected chi connectivity index (χ3v) is 1.80. The summed E-state index contributed by atoms with van der Waals surface area (Å²) in [6.07, 6.45) is 2.65. The molecule has 46 valence electrons. The molecule has 0 aromatic rings. The number of hydrogen-bond donors (Lipinski definition) is 0. The first-order chi connectivity index (χ1) is 4.36. The molecular weight excluding hydrogens is 112 g/mol. The van der Waals surface area contributed by atoms with E-state index in [9.17, 15) is 0 Å². The molecule has 2 nitrogen and oxygen atoms in total. The van der Waals surface area contributed by atoms with Crippen LogP contribution in [0.25, 0.3) is 0 Å². The zero-order valence-electron chi connectivity index (χ0n) is 5.17. The summed E-state index contributed by atoms with van der Waals surface area (Å²) in [7, 11) is 0. The van der Waals surface area contributed by atoms with Crippen molar-refractivity contribution in [3.8, 4) is 12.1 Å². The van der Waals surface area contributed by atoms with Crippen LogP contribution in [0.5, 0.6) is 0 Å². The highest BCUT2D eigenvalue weighted by Crippen LogP contribution is 2.29. The van der Waals surface area contributed by atoms with Gasteiger partial charge >= 0.3 is 0 Å². The molecule has 2 atom stereocenters. The van der Waals surface area contributed by atoms with E-state index >= 15 is 0 Å². The van der Waals surface area contributed by atoms with Gasteiger partial charge in [-0.15, -0.1) is 0 Å². The molecule has 0 radical (unpaired) electrons. The van der Waals surface area contributed by atoms with Gasteiger partial charge in [0.15, 0.2) is 0 Å². The van der Waals surface area contributed by atoms with Gasteiger partial charge in [0.25, 0.3) is 0 Å². The minimum Gasteiger partial charge on any atom is -0.198 e. The summed E-state index contributed by atoms with van der Waals surface area (Å²) < 4.78 is 0. The van der Waals surface area contributed by atoms with Crippen molar-refractivity contribution < 1.29 is 0 Å². The second-order valence-electron chi connectivity index (χ2n) is 2.47. The lowest BCUT2D eigenvalue weighted by Gasteiger charge is -1.91. The maximum atomic E-state index is 8.42. The molecule has 0 bridgehead atoms. The Labute approximate surface area is 54.7 Å². The lowest BCUT2D eigenvalue weighted by Crippen LogP contribution is -1.89. The van der Waals surface area contributed by atoms with Crippen LogP contribution in [0.1, 0.15) is 19.3 Å². The van der Waals surface area contributed by atoms with Crippen molar-refractivity contribution in [1.29, 1.82) is 10.5 Å². The van der Waals surface area contributed by atoms with Crippen LogP contribution in [0.3, 0.4) is 0 Å². The van der Waals surface area contributed by atoms with E-state index in [0.717, 1.165) is 19.3 Å². The Morgan fingerprint density at radius 1 is 1.00 bits per heavy atom. The summed E-state index contributed by atoms with van der Waals surface area (Å²) in [6.45, 7) is 0. The summed E-state index contributed by atoms with van der Waals surface area (Å²) in [6, 6.07) is 4.35. The van der Waals surface area contributed by atoms with Crippen LogP contribution in [0.2, 0.25) is 0 Å². The molecular formula is C7H8N2. The quantitative estimate of drug-likeness (QED) is 0.485. The van der Waals surface area contributed by atoms with Crippen LogP contribution in [0, 0.1) is 34.5 Å². The number of nitrogens with zero attached hydrogens (tertiary/aromatic N) is 2. The van der Waals surface area contributed by atoms with Gasteiger partial charge in [0.1, 0.15) is 0 Å². The van der Waals surface area contributed by atoms with Crippen molar-refractivity contribution in [2.75, 3.05) is 0 Å². The molecule has 1 rings (SSSR count). The van der Waals surface area contributed by atoms with Crippen LogP contribution in [0.4, 0.5) is 0 Å². The van der Waals surface area contributed by atoms with E-state index in [1.165, 1.54) is 0 Å². The van der Waals surface area contributed by atoms with Crippen LogP contribution >= 0.6 is 0 Å². The van der Waals surface area contributed by atoms with Gasteiger partial charge in [0.05, 0.1) is 12.1 Å². The van der Waals surface area contributed by atoms with E-state index in [1.807, 2.05) is 0 Å². The van der Waals surface area contributed by atoms with Crippen molar-refractivity contribution in [3.05, 3.63) is 0 Å². The Kier molecular flexibility index (Phi) is 1.70. The topological polar surface area (TPSA) is 47.6 Å². The molecule has 9 heavy (non-hydrogen) atoms. The molecule has 0 aromatic heterocycles. The Morgan fingerprint density at radius 2 is 1.44 bits per heavy atom. The third kappa shape index (κ3) is 1.21. The molecule has 0 saturated heterocycles. The zero-order valence-corrected chi connectivity index (χ0v) is 5.17. The van der Waals surface area contributed by atoms with Crippen molar-refractivity contribution in [3.63, 3.8) is 0 Å². The summed E-state index contributed by atoms with van der Waals surface area (Å²) >= 11 is 0. The lowest BCUT2D eigenvalue weighted by atomic mass is 10.1. The lowest BCUT2D eigenvalue weighted by molar-refractivity contribution is 0.657. The van der Waals surface area contributed by atoms with Crippen LogP contribution < -0.4 is 0 Å². The van der Waals surface area contributed by atoms with Gasteiger partial charge in [-0.25, -0.2) is 0 Å². The van der Waals surface area contributed by atoms with Gasteiger partial charge in [-0.2, -0.15) is 10.5 Å². The summed E-state index contributed by atoms with van der Waals surface area (Å²) in [4.78, 5) is 0. The van der Waals surface area contributed by atoms with E-state index in [2.05, 4.69) is 12.1 Å². The van der Waals surface area contributed by atoms with Gasteiger partial charge in [-0.05, 0) is 19.3 Å². The van der Waals surface area contributed by atoms with Crippen molar-refractivity contribution >= 4 is 0 Å². The molecule has 1 aliphatic carbocycles. The van der Waals surface area contributed by atoms with Gasteiger partial charge in [-0.3, -0.25) is 0 Å². The van der Waals surface area contributed by atoms with Crippen molar-refractivity contribution in [1.82, 2.24) is 0 Å². The fraction of sp³-hybridized carbons (Fsp3) is 0.714. The molecule has 0 N–H and O–H groups in total. The van der Waals surface area contributed by atoms with E-state index in [4.69, 9.17) is 10.5 Å². The molecule has 2 unspecified atom stereocenters. The Bertz CT molecular complexity index is 152. The standard InChI is InChI=1S/C7H8N2/c8-4-6-1-2-7(3-6)5-9/h6-7H,1-3H2. The highest BCUT2D eigenvalue weighted by atomic mass is 14.4. The third-order valence-electron chi connectivity index (χ3n) is 1.80. The van der Waals surface area contributed by atoms with E-state index in [-0.39, 0.29) is 11.8 Å². The molecule has 1 fully saturated rings. The first kappa shape index (κ1) is 6.11. The molecule has 0 heterocycles. The zero-order chi connectivity index (χ0) is 6.69. The first-order valence-corrected chi connectivity index (χ1v) is 3.16. The molecule has 0 aromatic carbocycles. The Morgan fingerprint density at radius 3 is 1.67 bits per heavy atom. The van der Waals surface area contributed by atoms with Crippen molar-refractivity contribution in [2.24, 2.45) is 11.8 Å². The second kappa shape index (κ2) is 2.51. The van der Waals surface area contributed by atoms with E-state index in [1.54, 1.807) is 0 Å². The predicted octanol–water partition coefficient (Wildman–Crippen LogP) is 1.45. The Balaban J connectivity index is 2.42. The maximum absolute atomic E-state index is 8.42. The summed E-state index contributed by atoms with van der Waals surface area (Å²) in [5.74, 6) is 0.323. The molecule has 1 saturated carbocycles. The fourth-order valence-corrected chi connectivity index (χ4v) is 1.22. The van der Waals surface area contributed by atoms with E-state index in [0.29, 0.717) is 0 Å². The first-order valence-electron chi connectivity index (χ1n) is 3.16. The average Bonchev–Trinajstić information content (AvgIpc) is 2.34. The smallest absolute Gasteiger partial charge is 0.0656 e. The van der Waals surface area contributed by atoms with Gasteiger partial charge < -0.3 is 0 Å². The molecule has 2 heteroatoms. The monoisotopic (exact) mass is 120 g/mol. The summed E-state index contributed by atoms with van der Waals surface area (Å²) in [5, 5.41) is 16.8. The highest BCUT2D eigenvalue weighted by Gasteiger charge is 2.23.